The van der Waals surface area contributed by atoms with Crippen molar-refractivity contribution in [3.05, 3.63) is 59.0 Å². The van der Waals surface area contributed by atoms with E-state index in [4.69, 9.17) is 4.42 Å². The number of sulfonamides is 1. The molecule has 0 saturated carbocycles. The number of nitrogens with one attached hydrogen (secondary N) is 2. The molecule has 1 heterocycles. The third-order valence-corrected chi connectivity index (χ3v) is 4.86. The molecule has 1 aromatic carbocycles. The maximum absolute atomic E-state index is 12.4. The first kappa shape index (κ1) is 16.7. The van der Waals surface area contributed by atoms with Crippen molar-refractivity contribution in [2.75, 3.05) is 6.26 Å². The molecule has 6 nitrogen and oxygen atoms in total. The van der Waals surface area contributed by atoms with E-state index < -0.39 is 10.0 Å². The summed E-state index contributed by atoms with van der Waals surface area (Å²) in [6.45, 7) is 2.17. The van der Waals surface area contributed by atoms with Crippen molar-refractivity contribution in [3.63, 3.8) is 0 Å². The Morgan fingerprint density at radius 1 is 1.21 bits per heavy atom. The molecule has 128 valence electrons. The Labute approximate surface area is 141 Å². The SMILES string of the molecule is C[C@H]1C[C@@H](NC(=O)c2ccc(CNS(C)(=O)=O)o2)c2ccccc21. The molecule has 0 saturated heterocycles. The van der Waals surface area contributed by atoms with Gasteiger partial charge in [0.2, 0.25) is 10.0 Å². The number of hydrogen-bond acceptors (Lipinski definition) is 4. The van der Waals surface area contributed by atoms with Crippen molar-refractivity contribution < 1.29 is 17.6 Å². The van der Waals surface area contributed by atoms with Gasteiger partial charge in [-0.05, 0) is 35.6 Å². The predicted octanol–water partition coefficient (Wildman–Crippen LogP) is 2.31. The third kappa shape index (κ3) is 3.68. The van der Waals surface area contributed by atoms with Crippen molar-refractivity contribution in [1.29, 1.82) is 0 Å². The van der Waals surface area contributed by atoms with E-state index in [0.29, 0.717) is 11.7 Å². The smallest absolute Gasteiger partial charge is 0.287 e. The Morgan fingerprint density at radius 3 is 2.62 bits per heavy atom. The molecule has 2 aromatic rings. The summed E-state index contributed by atoms with van der Waals surface area (Å²) < 4.78 is 29.9. The van der Waals surface area contributed by atoms with E-state index in [1.54, 1.807) is 12.1 Å². The van der Waals surface area contributed by atoms with Gasteiger partial charge in [-0.25, -0.2) is 13.1 Å². The second-order valence-electron chi connectivity index (χ2n) is 6.15. The van der Waals surface area contributed by atoms with Gasteiger partial charge in [0.15, 0.2) is 5.76 Å². The monoisotopic (exact) mass is 348 g/mol. The summed E-state index contributed by atoms with van der Waals surface area (Å²) in [5, 5.41) is 3.00. The number of furan rings is 1. The molecule has 1 aliphatic carbocycles. The number of fused-ring (bicyclic) bond motifs is 1. The number of hydrogen-bond donors (Lipinski definition) is 2. The quantitative estimate of drug-likeness (QED) is 0.868. The van der Waals surface area contributed by atoms with Crippen LogP contribution in [0.2, 0.25) is 0 Å². The van der Waals surface area contributed by atoms with Crippen LogP contribution in [0.15, 0.2) is 40.8 Å². The molecule has 0 unspecified atom stereocenters. The van der Waals surface area contributed by atoms with Gasteiger partial charge in [0.05, 0.1) is 18.8 Å². The zero-order valence-corrected chi connectivity index (χ0v) is 14.4. The molecule has 7 heteroatoms. The first-order valence-corrected chi connectivity index (χ1v) is 9.65. The van der Waals surface area contributed by atoms with Crippen LogP contribution in [-0.2, 0) is 16.6 Å². The van der Waals surface area contributed by atoms with Crippen LogP contribution in [0.5, 0.6) is 0 Å². The van der Waals surface area contributed by atoms with Crippen LogP contribution in [-0.4, -0.2) is 20.6 Å². The Balaban J connectivity index is 1.67. The molecule has 0 bridgehead atoms. The van der Waals surface area contributed by atoms with Gasteiger partial charge in [-0.1, -0.05) is 31.2 Å². The van der Waals surface area contributed by atoms with Gasteiger partial charge in [-0.15, -0.1) is 0 Å². The number of carbonyl (C=O) groups is 1. The van der Waals surface area contributed by atoms with Crippen molar-refractivity contribution in [2.24, 2.45) is 0 Å². The van der Waals surface area contributed by atoms with Crippen LogP contribution >= 0.6 is 0 Å². The maximum Gasteiger partial charge on any atom is 0.287 e. The Bertz CT molecular complexity index is 857. The second kappa shape index (κ2) is 6.41. The van der Waals surface area contributed by atoms with Crippen LogP contribution in [0.3, 0.4) is 0 Å². The van der Waals surface area contributed by atoms with Gasteiger partial charge in [0.1, 0.15) is 5.76 Å². The van der Waals surface area contributed by atoms with Crippen LogP contribution in [0, 0.1) is 0 Å². The summed E-state index contributed by atoms with van der Waals surface area (Å²) >= 11 is 0. The summed E-state index contributed by atoms with van der Waals surface area (Å²) in [4.78, 5) is 12.4. The van der Waals surface area contributed by atoms with Crippen LogP contribution < -0.4 is 10.0 Å². The van der Waals surface area contributed by atoms with Crippen LogP contribution in [0.25, 0.3) is 0 Å². The molecule has 24 heavy (non-hydrogen) atoms. The highest BCUT2D eigenvalue weighted by Gasteiger charge is 2.29. The normalized spacial score (nSPS) is 19.9. The Morgan fingerprint density at radius 2 is 1.92 bits per heavy atom. The standard InChI is InChI=1S/C17H20N2O4S/c1-11-9-15(14-6-4-3-5-13(11)14)19-17(20)16-8-7-12(23-16)10-18-24(2,21)22/h3-8,11,15,18H,9-10H2,1-2H3,(H,19,20)/t11-,15+/m0/s1. The van der Waals surface area contributed by atoms with Gasteiger partial charge in [0, 0.05) is 0 Å². The first-order chi connectivity index (χ1) is 11.3. The molecule has 0 spiro atoms. The topological polar surface area (TPSA) is 88.4 Å². The maximum atomic E-state index is 12.4. The van der Waals surface area contributed by atoms with Crippen molar-refractivity contribution in [1.82, 2.24) is 10.0 Å². The minimum Gasteiger partial charge on any atom is -0.455 e. The Kier molecular flexibility index (Phi) is 4.47. The van der Waals surface area contributed by atoms with Crippen molar-refractivity contribution in [3.8, 4) is 0 Å². The van der Waals surface area contributed by atoms with Gasteiger partial charge in [0.25, 0.3) is 5.91 Å². The van der Waals surface area contributed by atoms with Crippen molar-refractivity contribution >= 4 is 15.9 Å². The van der Waals surface area contributed by atoms with Gasteiger partial charge < -0.3 is 9.73 Å². The summed E-state index contributed by atoms with van der Waals surface area (Å²) in [6.07, 6.45) is 1.93. The van der Waals surface area contributed by atoms with Crippen LogP contribution in [0.4, 0.5) is 0 Å². The van der Waals surface area contributed by atoms with E-state index in [2.05, 4.69) is 23.0 Å². The highest BCUT2D eigenvalue weighted by Crippen LogP contribution is 2.39. The highest BCUT2D eigenvalue weighted by molar-refractivity contribution is 7.88. The fourth-order valence-electron chi connectivity index (χ4n) is 3.05. The van der Waals surface area contributed by atoms with E-state index in [1.165, 1.54) is 5.56 Å². The molecule has 0 fully saturated rings. The summed E-state index contributed by atoms with van der Waals surface area (Å²) in [5.74, 6) is 0.676. The largest absolute Gasteiger partial charge is 0.455 e. The number of benzene rings is 1. The minimum atomic E-state index is -3.30. The fraction of sp³-hybridized carbons (Fsp3) is 0.353. The van der Waals surface area contributed by atoms with E-state index in [0.717, 1.165) is 18.2 Å². The zero-order valence-electron chi connectivity index (χ0n) is 13.6. The van der Waals surface area contributed by atoms with E-state index in [9.17, 15) is 13.2 Å². The summed E-state index contributed by atoms with van der Waals surface area (Å²) in [6, 6.07) is 11.2. The molecule has 1 aromatic heterocycles. The lowest BCUT2D eigenvalue weighted by Gasteiger charge is -2.13. The Hall–Kier alpha value is -2.12. The number of amides is 1. The van der Waals surface area contributed by atoms with E-state index in [-0.39, 0.29) is 24.3 Å². The molecule has 2 N–H and O–H groups in total. The van der Waals surface area contributed by atoms with Gasteiger partial charge in [-0.2, -0.15) is 0 Å². The summed E-state index contributed by atoms with van der Waals surface area (Å²) in [5.41, 5.74) is 2.41. The van der Waals surface area contributed by atoms with Crippen molar-refractivity contribution in [2.45, 2.75) is 31.8 Å². The number of rotatable bonds is 5. The lowest BCUT2D eigenvalue weighted by Crippen LogP contribution is -2.26. The zero-order chi connectivity index (χ0) is 17.3. The van der Waals surface area contributed by atoms with Gasteiger partial charge in [-0.3, -0.25) is 4.79 Å². The molecule has 1 aliphatic rings. The third-order valence-electron chi connectivity index (χ3n) is 4.19. The molecule has 2 atom stereocenters. The average Bonchev–Trinajstić information content (AvgIpc) is 3.11. The molecular weight excluding hydrogens is 328 g/mol. The number of carbonyl (C=O) groups excluding carboxylic acids is 1. The van der Waals surface area contributed by atoms with E-state index in [1.807, 2.05) is 18.2 Å². The fourth-order valence-corrected chi connectivity index (χ4v) is 3.45. The van der Waals surface area contributed by atoms with E-state index >= 15 is 0 Å². The first-order valence-electron chi connectivity index (χ1n) is 7.76. The molecule has 1 amide bonds. The molecule has 0 aliphatic heterocycles. The lowest BCUT2D eigenvalue weighted by atomic mass is 10.0. The second-order valence-corrected chi connectivity index (χ2v) is 7.98. The summed E-state index contributed by atoms with van der Waals surface area (Å²) in [7, 11) is -3.30. The van der Waals surface area contributed by atoms with Crippen LogP contribution in [0.1, 0.15) is 52.7 Å². The predicted molar refractivity (Wildman–Crippen MR) is 90.1 cm³/mol. The molecule has 3 rings (SSSR count). The van der Waals surface area contributed by atoms with Gasteiger partial charge >= 0.3 is 0 Å². The minimum absolute atomic E-state index is 0.0232. The highest BCUT2D eigenvalue weighted by atomic mass is 32.2. The molecular formula is C17H20N2O4S. The lowest BCUT2D eigenvalue weighted by molar-refractivity contribution is 0.0906. The molecule has 0 radical (unpaired) electrons. The average molecular weight is 348 g/mol.